The Morgan fingerprint density at radius 1 is 1.50 bits per heavy atom. The molecule has 0 spiro atoms. The van der Waals surface area contributed by atoms with Crippen LogP contribution in [0.1, 0.15) is 24.8 Å². The molecule has 1 aromatic rings. The Hall–Kier alpha value is -0.940. The second kappa shape index (κ2) is 5.80. The van der Waals surface area contributed by atoms with Crippen LogP contribution < -0.4 is 0 Å². The maximum Gasteiger partial charge on any atom is 0.320 e. The minimum Gasteiger partial charge on any atom is -0.480 e. The molecule has 5 heteroatoms. The largest absolute Gasteiger partial charge is 0.480 e. The molecule has 0 aliphatic carbocycles. The van der Waals surface area contributed by atoms with E-state index in [1.165, 1.54) is 0 Å². The molecule has 1 atom stereocenters. The quantitative estimate of drug-likeness (QED) is 0.932. The summed E-state index contributed by atoms with van der Waals surface area (Å²) in [5, 5.41) is 9.17. The lowest BCUT2D eigenvalue weighted by Gasteiger charge is -2.32. The normalized spacial score (nSPS) is 20.9. The summed E-state index contributed by atoms with van der Waals surface area (Å²) in [6.07, 6.45) is 2.54. The van der Waals surface area contributed by atoms with Crippen molar-refractivity contribution in [2.24, 2.45) is 0 Å². The third-order valence-electron chi connectivity index (χ3n) is 3.30. The van der Waals surface area contributed by atoms with Gasteiger partial charge < -0.3 is 5.11 Å². The Morgan fingerprint density at radius 3 is 3.00 bits per heavy atom. The van der Waals surface area contributed by atoms with Crippen LogP contribution >= 0.6 is 15.9 Å². The molecule has 3 nitrogen and oxygen atoms in total. The number of likely N-dealkylation sites (tertiary alicyclic amines) is 1. The summed E-state index contributed by atoms with van der Waals surface area (Å²) in [5.41, 5.74) is 0.539. The Labute approximate surface area is 114 Å². The molecule has 1 saturated heterocycles. The Balaban J connectivity index is 2.16. The highest BCUT2D eigenvalue weighted by molar-refractivity contribution is 9.10. The fraction of sp³-hybridized carbons (Fsp3) is 0.462. The number of piperidine rings is 1. The molecule has 2 rings (SSSR count). The van der Waals surface area contributed by atoms with E-state index < -0.39 is 12.0 Å². The van der Waals surface area contributed by atoms with Crippen molar-refractivity contribution >= 4 is 21.9 Å². The first kappa shape index (κ1) is 13.5. The zero-order valence-corrected chi connectivity index (χ0v) is 11.5. The lowest BCUT2D eigenvalue weighted by Crippen LogP contribution is -2.44. The van der Waals surface area contributed by atoms with Gasteiger partial charge in [-0.05, 0) is 41.4 Å². The van der Waals surface area contributed by atoms with E-state index >= 15 is 0 Å². The fourth-order valence-electron chi connectivity index (χ4n) is 2.35. The SMILES string of the molecule is O=C(O)C1CCCCN1Cc1cccc(Br)c1F. The monoisotopic (exact) mass is 315 g/mol. The van der Waals surface area contributed by atoms with E-state index in [0.29, 0.717) is 29.5 Å². The summed E-state index contributed by atoms with van der Waals surface area (Å²) in [7, 11) is 0. The molecule has 1 unspecified atom stereocenters. The highest BCUT2D eigenvalue weighted by Crippen LogP contribution is 2.24. The van der Waals surface area contributed by atoms with Crippen molar-refractivity contribution in [3.05, 3.63) is 34.1 Å². The summed E-state index contributed by atoms with van der Waals surface area (Å²) in [4.78, 5) is 13.0. The van der Waals surface area contributed by atoms with Crippen molar-refractivity contribution in [3.8, 4) is 0 Å². The third-order valence-corrected chi connectivity index (χ3v) is 3.92. The van der Waals surface area contributed by atoms with Gasteiger partial charge in [-0.15, -0.1) is 0 Å². The minimum absolute atomic E-state index is 0.299. The number of nitrogens with zero attached hydrogens (tertiary/aromatic N) is 1. The Kier molecular flexibility index (Phi) is 4.35. The van der Waals surface area contributed by atoms with Gasteiger partial charge in [-0.1, -0.05) is 18.6 Å². The summed E-state index contributed by atoms with van der Waals surface area (Å²) in [6, 6.07) is 4.62. The first-order chi connectivity index (χ1) is 8.59. The zero-order valence-electron chi connectivity index (χ0n) is 9.90. The summed E-state index contributed by atoms with van der Waals surface area (Å²) < 4.78 is 14.3. The van der Waals surface area contributed by atoms with E-state index in [9.17, 15) is 9.18 Å². The zero-order chi connectivity index (χ0) is 13.1. The van der Waals surface area contributed by atoms with Crippen molar-refractivity contribution in [1.29, 1.82) is 0 Å². The Morgan fingerprint density at radius 2 is 2.28 bits per heavy atom. The first-order valence-corrected chi connectivity index (χ1v) is 6.78. The van der Waals surface area contributed by atoms with Crippen LogP contribution in [-0.4, -0.2) is 28.6 Å². The molecular weight excluding hydrogens is 301 g/mol. The standard InChI is InChI=1S/C13H15BrFNO2/c14-10-5-3-4-9(12(10)15)8-16-7-2-1-6-11(16)13(17)18/h3-5,11H,1-2,6-8H2,(H,17,18). The highest BCUT2D eigenvalue weighted by atomic mass is 79.9. The van der Waals surface area contributed by atoms with Gasteiger partial charge in [0.2, 0.25) is 0 Å². The number of rotatable bonds is 3. The third kappa shape index (κ3) is 2.90. The van der Waals surface area contributed by atoms with Gasteiger partial charge >= 0.3 is 5.97 Å². The van der Waals surface area contributed by atoms with E-state index in [4.69, 9.17) is 5.11 Å². The molecule has 1 heterocycles. The molecule has 1 aliphatic heterocycles. The van der Waals surface area contributed by atoms with Crippen LogP contribution in [0.5, 0.6) is 0 Å². The molecule has 1 fully saturated rings. The molecule has 18 heavy (non-hydrogen) atoms. The summed E-state index contributed by atoms with van der Waals surface area (Å²) in [5.74, 6) is -1.11. The fourth-order valence-corrected chi connectivity index (χ4v) is 2.76. The number of hydrogen-bond acceptors (Lipinski definition) is 2. The van der Waals surface area contributed by atoms with Crippen LogP contribution in [0, 0.1) is 5.82 Å². The Bertz CT molecular complexity index is 453. The summed E-state index contributed by atoms with van der Waals surface area (Å²) in [6.45, 7) is 1.06. The molecule has 1 aromatic carbocycles. The topological polar surface area (TPSA) is 40.5 Å². The summed E-state index contributed by atoms with van der Waals surface area (Å²) >= 11 is 3.15. The van der Waals surface area contributed by atoms with Gasteiger partial charge in [0, 0.05) is 12.1 Å². The van der Waals surface area contributed by atoms with Crippen molar-refractivity contribution in [1.82, 2.24) is 4.90 Å². The van der Waals surface area contributed by atoms with Gasteiger partial charge in [-0.3, -0.25) is 9.69 Å². The van der Waals surface area contributed by atoms with Gasteiger partial charge in [0.05, 0.1) is 4.47 Å². The van der Waals surface area contributed by atoms with E-state index in [1.807, 2.05) is 4.90 Å². The van der Waals surface area contributed by atoms with E-state index in [1.54, 1.807) is 18.2 Å². The molecule has 1 aliphatic rings. The number of halogens is 2. The molecule has 98 valence electrons. The number of benzene rings is 1. The second-order valence-corrected chi connectivity index (χ2v) is 5.39. The number of aliphatic carboxylic acids is 1. The lowest BCUT2D eigenvalue weighted by atomic mass is 10.0. The molecule has 0 amide bonds. The van der Waals surface area contributed by atoms with Gasteiger partial charge in [-0.25, -0.2) is 4.39 Å². The average molecular weight is 316 g/mol. The molecule has 1 N–H and O–H groups in total. The molecule has 0 aromatic heterocycles. The van der Waals surface area contributed by atoms with Crippen LogP contribution in [0.25, 0.3) is 0 Å². The predicted octanol–water partition coefficient (Wildman–Crippen LogP) is 3.03. The van der Waals surface area contributed by atoms with Gasteiger partial charge in [0.25, 0.3) is 0 Å². The predicted molar refractivity (Wildman–Crippen MR) is 69.8 cm³/mol. The van der Waals surface area contributed by atoms with Crippen molar-refractivity contribution < 1.29 is 14.3 Å². The average Bonchev–Trinajstić information content (AvgIpc) is 2.35. The first-order valence-electron chi connectivity index (χ1n) is 5.99. The smallest absolute Gasteiger partial charge is 0.320 e. The molecule has 0 bridgehead atoms. The van der Waals surface area contributed by atoms with Crippen LogP contribution in [-0.2, 0) is 11.3 Å². The lowest BCUT2D eigenvalue weighted by molar-refractivity contribution is -0.144. The molecule has 0 saturated carbocycles. The van der Waals surface area contributed by atoms with Crippen LogP contribution in [0.3, 0.4) is 0 Å². The van der Waals surface area contributed by atoms with Crippen LogP contribution in [0.15, 0.2) is 22.7 Å². The molecule has 0 radical (unpaired) electrons. The van der Waals surface area contributed by atoms with Crippen molar-refractivity contribution in [2.45, 2.75) is 31.8 Å². The van der Waals surface area contributed by atoms with Gasteiger partial charge in [0.15, 0.2) is 0 Å². The van der Waals surface area contributed by atoms with E-state index in [2.05, 4.69) is 15.9 Å². The number of carboxylic acids is 1. The minimum atomic E-state index is -0.815. The van der Waals surface area contributed by atoms with Gasteiger partial charge in [0.1, 0.15) is 11.9 Å². The number of carbonyl (C=O) groups is 1. The second-order valence-electron chi connectivity index (χ2n) is 4.53. The number of carboxylic acid groups (broad SMARTS) is 1. The van der Waals surface area contributed by atoms with Crippen molar-refractivity contribution in [3.63, 3.8) is 0 Å². The van der Waals surface area contributed by atoms with Crippen LogP contribution in [0.2, 0.25) is 0 Å². The van der Waals surface area contributed by atoms with E-state index in [-0.39, 0.29) is 5.82 Å². The van der Waals surface area contributed by atoms with Gasteiger partial charge in [-0.2, -0.15) is 0 Å². The maximum absolute atomic E-state index is 13.9. The highest BCUT2D eigenvalue weighted by Gasteiger charge is 2.28. The van der Waals surface area contributed by atoms with Crippen molar-refractivity contribution in [2.75, 3.05) is 6.54 Å². The maximum atomic E-state index is 13.9. The molecular formula is C13H15BrFNO2. The van der Waals surface area contributed by atoms with Crippen LogP contribution in [0.4, 0.5) is 4.39 Å². The van der Waals surface area contributed by atoms with E-state index in [0.717, 1.165) is 12.8 Å². The number of hydrogen-bond donors (Lipinski definition) is 1.